The van der Waals surface area contributed by atoms with Crippen LogP contribution in [0.25, 0.3) is 0 Å². The second kappa shape index (κ2) is 32.0. The summed E-state index contributed by atoms with van der Waals surface area (Å²) in [4.78, 5) is 0. The van der Waals surface area contributed by atoms with E-state index in [-0.39, 0.29) is 64.0 Å². The van der Waals surface area contributed by atoms with Crippen molar-refractivity contribution >= 4 is 0 Å². The molecule has 6 rings (SSSR count). The minimum absolute atomic E-state index is 0.0398. The number of hydrogen-bond donors (Lipinski definition) is 4. The summed E-state index contributed by atoms with van der Waals surface area (Å²) in [6, 6.07) is 25.8. The number of aromatic hydroxyl groups is 2. The van der Waals surface area contributed by atoms with Crippen molar-refractivity contribution in [3.8, 4) is 34.5 Å². The first-order valence-electron chi connectivity index (χ1n) is 28.4. The molecule has 0 radical (unpaired) electrons. The van der Waals surface area contributed by atoms with Crippen LogP contribution in [0.1, 0.15) is 180 Å². The summed E-state index contributed by atoms with van der Waals surface area (Å²) >= 11 is 0. The fourth-order valence-corrected chi connectivity index (χ4v) is 8.12. The Bertz CT molecular complexity index is 3300. The van der Waals surface area contributed by atoms with Crippen LogP contribution in [0.5, 0.6) is 34.5 Å². The zero-order chi connectivity index (χ0) is 73.6. The number of aliphatic hydroxyl groups excluding tert-OH is 2. The van der Waals surface area contributed by atoms with E-state index in [0.717, 1.165) is 47.5 Å². The van der Waals surface area contributed by atoms with Gasteiger partial charge in [0, 0.05) is 5.56 Å². The highest BCUT2D eigenvalue weighted by molar-refractivity contribution is 5.44. The van der Waals surface area contributed by atoms with E-state index in [0.29, 0.717) is 33.4 Å². The molecular weight excluding hydrogens is 1290 g/mol. The van der Waals surface area contributed by atoms with Crippen molar-refractivity contribution in [2.45, 2.75) is 208 Å². The third kappa shape index (κ3) is 31.8. The number of alkyl halides is 18. The number of halogens is 18. The lowest BCUT2D eigenvalue weighted by Crippen LogP contribution is -2.19. The second-order valence-electron chi connectivity index (χ2n) is 27.2. The van der Waals surface area contributed by atoms with Gasteiger partial charge < -0.3 is 39.4 Å². The number of phenolic OH excluding ortho intramolecular Hbond substituents is 2. The van der Waals surface area contributed by atoms with Gasteiger partial charge in [0.15, 0.2) is 0 Å². The maximum Gasteiger partial charge on any atom is 0.573 e. The quantitative estimate of drug-likeness (QED) is 0.122. The molecule has 6 aromatic rings. The minimum Gasteiger partial charge on any atom is -0.508 e. The fourth-order valence-electron chi connectivity index (χ4n) is 8.12. The van der Waals surface area contributed by atoms with E-state index in [2.05, 4.69) is 18.9 Å². The van der Waals surface area contributed by atoms with E-state index >= 15 is 0 Å². The zero-order valence-corrected chi connectivity index (χ0v) is 55.2. The molecule has 0 fully saturated rings. The molecule has 0 saturated carbocycles. The largest absolute Gasteiger partial charge is 0.573 e. The summed E-state index contributed by atoms with van der Waals surface area (Å²) in [6.45, 7) is 33.0. The Morgan fingerprint density at radius 2 is 0.532 bits per heavy atom. The molecule has 6 aromatic carbocycles. The third-order valence-corrected chi connectivity index (χ3v) is 12.7. The van der Waals surface area contributed by atoms with Gasteiger partial charge in [-0.05, 0) is 156 Å². The van der Waals surface area contributed by atoms with Crippen LogP contribution in [0.3, 0.4) is 0 Å². The van der Waals surface area contributed by atoms with Gasteiger partial charge >= 0.3 is 37.8 Å². The maximum absolute atomic E-state index is 12.5. The van der Waals surface area contributed by atoms with Crippen molar-refractivity contribution in [1.29, 1.82) is 0 Å². The molecule has 0 aliphatic carbocycles. The van der Waals surface area contributed by atoms with Crippen molar-refractivity contribution in [3.63, 3.8) is 0 Å². The highest BCUT2D eigenvalue weighted by Gasteiger charge is 2.37. The predicted octanol–water partition coefficient (Wildman–Crippen LogP) is 21.9. The number of ether oxygens (including phenoxy) is 4. The van der Waals surface area contributed by atoms with Gasteiger partial charge in [0.2, 0.25) is 0 Å². The van der Waals surface area contributed by atoms with Crippen molar-refractivity contribution in [2.24, 2.45) is 0 Å². The summed E-state index contributed by atoms with van der Waals surface area (Å²) in [5.74, 6) is -1.09. The minimum atomic E-state index is -4.72. The predicted molar refractivity (Wildman–Crippen MR) is 323 cm³/mol. The van der Waals surface area contributed by atoms with Crippen LogP contribution >= 0.6 is 0 Å². The lowest BCUT2D eigenvalue weighted by atomic mass is 9.83. The Kier molecular flexibility index (Phi) is 28.9. The molecular formula is C68H82F18O8. The molecule has 8 nitrogen and oxygen atoms in total. The molecule has 0 atom stereocenters. The van der Waals surface area contributed by atoms with E-state index in [1.54, 1.807) is 65.8 Å². The van der Waals surface area contributed by atoms with Gasteiger partial charge in [0.1, 0.15) is 34.5 Å². The Balaban J connectivity index is 0.000000564. The van der Waals surface area contributed by atoms with Gasteiger partial charge in [0.05, 0.1) is 24.3 Å². The normalized spacial score (nSPS) is 12.7. The Hall–Kier alpha value is -7.22. The summed E-state index contributed by atoms with van der Waals surface area (Å²) < 4.78 is 234. The molecule has 0 aliphatic heterocycles. The Morgan fingerprint density at radius 1 is 0.266 bits per heavy atom. The molecule has 0 amide bonds. The van der Waals surface area contributed by atoms with Crippen LogP contribution in [0.4, 0.5) is 79.0 Å². The molecule has 0 heterocycles. The number of benzene rings is 6. The first kappa shape index (κ1) is 84.8. The highest BCUT2D eigenvalue weighted by atomic mass is 19.4. The third-order valence-electron chi connectivity index (χ3n) is 12.7. The monoisotopic (exact) mass is 1370 g/mol. The van der Waals surface area contributed by atoms with Crippen LogP contribution in [0.15, 0.2) is 121 Å². The van der Waals surface area contributed by atoms with Crippen LogP contribution < -0.4 is 18.9 Å². The van der Waals surface area contributed by atoms with Crippen molar-refractivity contribution in [3.05, 3.63) is 177 Å². The number of hydrogen-bond acceptors (Lipinski definition) is 8. The Labute approximate surface area is 536 Å². The van der Waals surface area contributed by atoms with Gasteiger partial charge in [-0.1, -0.05) is 161 Å². The number of phenols is 2. The van der Waals surface area contributed by atoms with Gasteiger partial charge in [-0.15, -0.1) is 52.7 Å². The summed E-state index contributed by atoms with van der Waals surface area (Å²) in [6.07, 6.45) is -27.4. The van der Waals surface area contributed by atoms with E-state index in [9.17, 15) is 89.2 Å². The second-order valence-corrected chi connectivity index (χ2v) is 27.2. The van der Waals surface area contributed by atoms with Crippen molar-refractivity contribution in [1.82, 2.24) is 0 Å². The van der Waals surface area contributed by atoms with Crippen LogP contribution in [-0.4, -0.2) is 45.9 Å². The lowest BCUT2D eigenvalue weighted by molar-refractivity contribution is -0.275. The highest BCUT2D eigenvalue weighted by Crippen LogP contribution is 2.40. The average Bonchev–Trinajstić information content (AvgIpc) is 0.835. The Morgan fingerprint density at radius 3 is 0.872 bits per heavy atom. The fraction of sp³-hybridized carbons (Fsp3) is 0.471. The maximum atomic E-state index is 12.5. The average molecular weight is 1370 g/mol. The lowest BCUT2D eigenvalue weighted by Gasteiger charge is -2.23. The first-order chi connectivity index (χ1) is 41.9. The van der Waals surface area contributed by atoms with Gasteiger partial charge in [-0.3, -0.25) is 0 Å². The summed E-state index contributed by atoms with van der Waals surface area (Å²) in [5.41, 5.74) is 1.41. The molecule has 0 spiro atoms. The molecule has 0 saturated heterocycles. The molecule has 4 N–H and O–H groups in total. The van der Waals surface area contributed by atoms with Crippen LogP contribution in [0.2, 0.25) is 0 Å². The topological polar surface area (TPSA) is 118 Å². The van der Waals surface area contributed by atoms with Gasteiger partial charge in [0.25, 0.3) is 0 Å². The first-order valence-corrected chi connectivity index (χ1v) is 28.4. The summed E-state index contributed by atoms with van der Waals surface area (Å²) in [5, 5.41) is 37.2. The van der Waals surface area contributed by atoms with E-state index in [4.69, 9.17) is 10.2 Å². The van der Waals surface area contributed by atoms with Crippen LogP contribution in [-0.2, 0) is 58.1 Å². The van der Waals surface area contributed by atoms with Crippen molar-refractivity contribution in [2.75, 3.05) is 0 Å². The molecule has 94 heavy (non-hydrogen) atoms. The van der Waals surface area contributed by atoms with Crippen LogP contribution in [0, 0.1) is 0 Å². The molecule has 26 heteroatoms. The standard InChI is InChI=1S/C12H15F3O2.C12H15F3O.C11H13F3O2.3C11H13F3O/c1-11(2,3)10-6-9(17-12(13,14)15)5-4-8(10)7-16;1-11(2,3)10-6-9(12(13,14)15)5-4-8(10)7-16;1-10(2,3)8-6-7(4-5-9(8)15)16-11(12,13)14;1-10(2,3)8-4-6-9(7-5-8)15-11(12,13)14;1-10(2,3)8-6-7(11(12,13)14)4-5-9(8)15;1-10(2,3)8-5-4-6-9(7-8)15-11(12,13)14/h4-6,16H,7H2,1-3H3;4-6,16H,7H2,1-3H3;4-6,15H,1-3H3;4-7H,1-3H3;4-6,15H,1-3H3;4-7H,1-3H3. The zero-order valence-electron chi connectivity index (χ0n) is 55.2. The molecule has 0 unspecified atom stereocenters. The molecule has 528 valence electrons. The number of rotatable bonds is 6. The van der Waals surface area contributed by atoms with E-state index in [1.165, 1.54) is 60.7 Å². The SMILES string of the molecule is CC(C)(C)c1cc(C(F)(F)F)ccc1CO.CC(C)(C)c1cc(C(F)(F)F)ccc1O.CC(C)(C)c1cc(OC(F)(F)F)ccc1CO.CC(C)(C)c1cc(OC(F)(F)F)ccc1O.CC(C)(C)c1ccc(OC(F)(F)F)cc1.CC(C)(C)c1cccc(OC(F)(F)F)c1. The van der Waals surface area contributed by atoms with Crippen molar-refractivity contribution < 1.29 is 118 Å². The van der Waals surface area contributed by atoms with Gasteiger partial charge in [-0.2, -0.15) is 26.3 Å². The van der Waals surface area contributed by atoms with E-state index in [1.807, 2.05) is 83.1 Å². The van der Waals surface area contributed by atoms with Gasteiger partial charge in [-0.25, -0.2) is 0 Å². The van der Waals surface area contributed by atoms with E-state index < -0.39 is 65.2 Å². The molecule has 0 aromatic heterocycles. The molecule has 0 bridgehead atoms. The smallest absolute Gasteiger partial charge is 0.508 e. The summed E-state index contributed by atoms with van der Waals surface area (Å²) in [7, 11) is 0. The number of aliphatic hydroxyl groups is 2. The molecule has 0 aliphatic rings.